The van der Waals surface area contributed by atoms with E-state index in [2.05, 4.69) is 0 Å². The molecule has 0 saturated heterocycles. The average molecular weight is 277 g/mol. The van der Waals surface area contributed by atoms with E-state index < -0.39 is 5.41 Å². The standard InChI is InChI=1S/C16H23NO3/c1-13-5-4-6-14(9-13)7-8-15(20)17(3)10-16(2,11-18)12-19/h4-9,18-19H,10-12H2,1-3H3/b8-7+. The highest BCUT2D eigenvalue weighted by Crippen LogP contribution is 2.16. The van der Waals surface area contributed by atoms with Crippen molar-refractivity contribution >= 4 is 12.0 Å². The molecule has 0 radical (unpaired) electrons. The fraction of sp³-hybridized carbons (Fsp3) is 0.438. The number of carbonyl (C=O) groups excluding carboxylic acids is 1. The second-order valence-electron chi connectivity index (χ2n) is 5.57. The molecule has 0 aliphatic heterocycles. The molecule has 0 spiro atoms. The van der Waals surface area contributed by atoms with Crippen LogP contribution in [0.4, 0.5) is 0 Å². The summed E-state index contributed by atoms with van der Waals surface area (Å²) < 4.78 is 0. The Labute approximate surface area is 120 Å². The van der Waals surface area contributed by atoms with Gasteiger partial charge in [-0.3, -0.25) is 4.79 Å². The van der Waals surface area contributed by atoms with Crippen molar-refractivity contribution in [2.24, 2.45) is 5.41 Å². The van der Waals surface area contributed by atoms with Gasteiger partial charge in [0.25, 0.3) is 0 Å². The number of aliphatic hydroxyl groups excluding tert-OH is 2. The number of nitrogens with zero attached hydrogens (tertiary/aromatic N) is 1. The molecular formula is C16H23NO3. The minimum atomic E-state index is -0.679. The maximum atomic E-state index is 12.0. The highest BCUT2D eigenvalue weighted by Gasteiger charge is 2.25. The third kappa shape index (κ3) is 4.79. The second-order valence-corrected chi connectivity index (χ2v) is 5.57. The third-order valence-corrected chi connectivity index (χ3v) is 3.22. The van der Waals surface area contributed by atoms with Crippen molar-refractivity contribution in [2.45, 2.75) is 13.8 Å². The van der Waals surface area contributed by atoms with Crippen LogP contribution in [-0.2, 0) is 4.79 Å². The van der Waals surface area contributed by atoms with Gasteiger partial charge in [-0.2, -0.15) is 0 Å². The number of likely N-dealkylation sites (N-methyl/N-ethyl adjacent to an activating group) is 1. The van der Waals surface area contributed by atoms with Crippen LogP contribution in [0.1, 0.15) is 18.1 Å². The van der Waals surface area contributed by atoms with Crippen molar-refractivity contribution in [1.29, 1.82) is 0 Å². The van der Waals surface area contributed by atoms with Crippen LogP contribution in [0, 0.1) is 12.3 Å². The number of aryl methyl sites for hydroxylation is 1. The van der Waals surface area contributed by atoms with Crippen molar-refractivity contribution < 1.29 is 15.0 Å². The van der Waals surface area contributed by atoms with Gasteiger partial charge < -0.3 is 15.1 Å². The molecule has 1 aromatic rings. The van der Waals surface area contributed by atoms with E-state index in [4.69, 9.17) is 0 Å². The second kappa shape index (κ2) is 7.22. The molecular weight excluding hydrogens is 254 g/mol. The minimum Gasteiger partial charge on any atom is -0.396 e. The largest absolute Gasteiger partial charge is 0.396 e. The molecule has 0 aromatic heterocycles. The van der Waals surface area contributed by atoms with Crippen molar-refractivity contribution in [1.82, 2.24) is 4.90 Å². The van der Waals surface area contributed by atoms with Gasteiger partial charge in [0.15, 0.2) is 0 Å². The normalized spacial score (nSPS) is 11.8. The molecule has 20 heavy (non-hydrogen) atoms. The minimum absolute atomic E-state index is 0.153. The number of carbonyl (C=O) groups is 1. The van der Waals surface area contributed by atoms with Crippen LogP contribution in [0.25, 0.3) is 6.08 Å². The zero-order chi connectivity index (χ0) is 15.2. The zero-order valence-electron chi connectivity index (χ0n) is 12.3. The number of benzene rings is 1. The van der Waals surface area contributed by atoms with Gasteiger partial charge in [0, 0.05) is 25.1 Å². The fourth-order valence-corrected chi connectivity index (χ4v) is 1.87. The Morgan fingerprint density at radius 1 is 1.35 bits per heavy atom. The zero-order valence-corrected chi connectivity index (χ0v) is 12.3. The van der Waals surface area contributed by atoms with Crippen molar-refractivity contribution in [2.75, 3.05) is 26.8 Å². The summed E-state index contributed by atoms with van der Waals surface area (Å²) in [7, 11) is 1.66. The van der Waals surface area contributed by atoms with E-state index in [1.54, 1.807) is 20.0 Å². The Kier molecular flexibility index (Phi) is 5.92. The van der Waals surface area contributed by atoms with Crippen LogP contribution in [0.15, 0.2) is 30.3 Å². The predicted molar refractivity (Wildman–Crippen MR) is 80.1 cm³/mol. The molecule has 0 aliphatic rings. The van der Waals surface area contributed by atoms with Crippen LogP contribution in [0.5, 0.6) is 0 Å². The monoisotopic (exact) mass is 277 g/mol. The van der Waals surface area contributed by atoms with Crippen molar-refractivity contribution in [3.8, 4) is 0 Å². The van der Waals surface area contributed by atoms with Gasteiger partial charge in [-0.05, 0) is 18.6 Å². The first-order chi connectivity index (χ1) is 9.40. The van der Waals surface area contributed by atoms with Crippen LogP contribution in [0.3, 0.4) is 0 Å². The maximum absolute atomic E-state index is 12.0. The number of amides is 1. The molecule has 0 saturated carbocycles. The number of hydrogen-bond acceptors (Lipinski definition) is 3. The van der Waals surface area contributed by atoms with E-state index in [1.807, 2.05) is 31.2 Å². The molecule has 2 N–H and O–H groups in total. The summed E-state index contributed by atoms with van der Waals surface area (Å²) in [6.07, 6.45) is 3.27. The third-order valence-electron chi connectivity index (χ3n) is 3.22. The first kappa shape index (κ1) is 16.4. The summed E-state index contributed by atoms with van der Waals surface area (Å²) in [5.74, 6) is -0.153. The van der Waals surface area contributed by atoms with Gasteiger partial charge in [0.1, 0.15) is 0 Å². The Balaban J connectivity index is 2.66. The van der Waals surface area contributed by atoms with Crippen LogP contribution >= 0.6 is 0 Å². The molecule has 1 aromatic carbocycles. The Morgan fingerprint density at radius 3 is 2.55 bits per heavy atom. The summed E-state index contributed by atoms with van der Waals surface area (Å²) in [6, 6.07) is 7.87. The number of rotatable bonds is 6. The quantitative estimate of drug-likeness (QED) is 0.774. The predicted octanol–water partition coefficient (Wildman–Crippen LogP) is 1.46. The Morgan fingerprint density at radius 2 is 2.00 bits per heavy atom. The van der Waals surface area contributed by atoms with Gasteiger partial charge in [-0.1, -0.05) is 36.8 Å². The SMILES string of the molecule is Cc1cccc(/C=C/C(=O)N(C)CC(C)(CO)CO)c1. The Bertz CT molecular complexity index is 478. The average Bonchev–Trinajstić information content (AvgIpc) is 2.44. The highest BCUT2D eigenvalue weighted by atomic mass is 16.3. The first-order valence-electron chi connectivity index (χ1n) is 6.62. The molecule has 0 bridgehead atoms. The van der Waals surface area contributed by atoms with E-state index in [9.17, 15) is 15.0 Å². The summed E-state index contributed by atoms with van der Waals surface area (Å²) in [4.78, 5) is 13.5. The van der Waals surface area contributed by atoms with Gasteiger partial charge in [0.05, 0.1) is 13.2 Å². The summed E-state index contributed by atoms with van der Waals surface area (Å²) in [5.41, 5.74) is 1.43. The molecule has 4 nitrogen and oxygen atoms in total. The topological polar surface area (TPSA) is 60.8 Å². The van der Waals surface area contributed by atoms with Crippen molar-refractivity contribution in [3.63, 3.8) is 0 Å². The fourth-order valence-electron chi connectivity index (χ4n) is 1.87. The Hall–Kier alpha value is -1.65. The van der Waals surface area contributed by atoms with Crippen LogP contribution < -0.4 is 0 Å². The molecule has 1 rings (SSSR count). The van der Waals surface area contributed by atoms with E-state index in [0.29, 0.717) is 6.54 Å². The molecule has 0 fully saturated rings. The lowest BCUT2D eigenvalue weighted by molar-refractivity contribution is -0.126. The van der Waals surface area contributed by atoms with Crippen molar-refractivity contribution in [3.05, 3.63) is 41.5 Å². The molecule has 0 unspecified atom stereocenters. The lowest BCUT2D eigenvalue weighted by atomic mass is 9.92. The van der Waals surface area contributed by atoms with E-state index in [1.165, 1.54) is 11.0 Å². The maximum Gasteiger partial charge on any atom is 0.246 e. The van der Waals surface area contributed by atoms with E-state index in [-0.39, 0.29) is 19.1 Å². The van der Waals surface area contributed by atoms with Crippen LogP contribution in [-0.4, -0.2) is 47.8 Å². The van der Waals surface area contributed by atoms with Crippen LogP contribution in [0.2, 0.25) is 0 Å². The lowest BCUT2D eigenvalue weighted by Crippen LogP contribution is -2.41. The van der Waals surface area contributed by atoms with Gasteiger partial charge >= 0.3 is 0 Å². The molecule has 4 heteroatoms. The van der Waals surface area contributed by atoms with E-state index >= 15 is 0 Å². The molecule has 0 aliphatic carbocycles. The molecule has 0 atom stereocenters. The smallest absolute Gasteiger partial charge is 0.246 e. The summed E-state index contributed by atoms with van der Waals surface area (Å²) in [6.45, 7) is 3.71. The summed E-state index contributed by atoms with van der Waals surface area (Å²) >= 11 is 0. The number of aliphatic hydroxyl groups is 2. The molecule has 110 valence electrons. The molecule has 1 amide bonds. The summed E-state index contributed by atoms with van der Waals surface area (Å²) in [5, 5.41) is 18.5. The first-order valence-corrected chi connectivity index (χ1v) is 6.62. The highest BCUT2D eigenvalue weighted by molar-refractivity contribution is 5.91. The van der Waals surface area contributed by atoms with Gasteiger partial charge in [0.2, 0.25) is 5.91 Å². The molecule has 0 heterocycles. The van der Waals surface area contributed by atoms with E-state index in [0.717, 1.165) is 11.1 Å². The number of hydrogen-bond donors (Lipinski definition) is 2. The van der Waals surface area contributed by atoms with Gasteiger partial charge in [-0.25, -0.2) is 0 Å². The van der Waals surface area contributed by atoms with Gasteiger partial charge in [-0.15, -0.1) is 0 Å². The lowest BCUT2D eigenvalue weighted by Gasteiger charge is -2.29.